The SMILES string of the molecule is CSCCCCNC(=O)c1cc([N+](=O)[O-])ccc1I. The van der Waals surface area contributed by atoms with E-state index in [9.17, 15) is 14.9 Å². The van der Waals surface area contributed by atoms with Crippen LogP contribution in [-0.2, 0) is 0 Å². The lowest BCUT2D eigenvalue weighted by molar-refractivity contribution is -0.384. The summed E-state index contributed by atoms with van der Waals surface area (Å²) in [4.78, 5) is 22.1. The Labute approximate surface area is 129 Å². The summed E-state index contributed by atoms with van der Waals surface area (Å²) in [6.45, 7) is 0.595. The minimum Gasteiger partial charge on any atom is -0.352 e. The monoisotopic (exact) mass is 394 g/mol. The fourth-order valence-electron chi connectivity index (χ4n) is 1.47. The summed E-state index contributed by atoms with van der Waals surface area (Å²) < 4.78 is 0.713. The Morgan fingerprint density at radius 2 is 2.21 bits per heavy atom. The number of thioether (sulfide) groups is 1. The third-order valence-corrected chi connectivity index (χ3v) is 4.10. The molecular formula is C12H15IN2O3S. The van der Waals surface area contributed by atoms with Crippen LogP contribution in [0.5, 0.6) is 0 Å². The maximum Gasteiger partial charge on any atom is 0.270 e. The molecule has 0 aliphatic rings. The second-order valence-electron chi connectivity index (χ2n) is 3.88. The van der Waals surface area contributed by atoms with E-state index in [0.29, 0.717) is 15.7 Å². The van der Waals surface area contributed by atoms with Crippen LogP contribution in [0.1, 0.15) is 23.2 Å². The smallest absolute Gasteiger partial charge is 0.270 e. The van der Waals surface area contributed by atoms with Crippen molar-refractivity contribution in [2.75, 3.05) is 18.6 Å². The minimum absolute atomic E-state index is 0.0621. The summed E-state index contributed by atoms with van der Waals surface area (Å²) >= 11 is 3.78. The number of non-ortho nitro benzene ring substituents is 1. The van der Waals surface area contributed by atoms with Crippen molar-refractivity contribution in [2.45, 2.75) is 12.8 Å². The molecule has 0 spiro atoms. The average molecular weight is 394 g/mol. The van der Waals surface area contributed by atoms with Crippen molar-refractivity contribution in [3.63, 3.8) is 0 Å². The van der Waals surface area contributed by atoms with Crippen LogP contribution in [-0.4, -0.2) is 29.4 Å². The molecule has 1 N–H and O–H groups in total. The number of unbranched alkanes of at least 4 members (excludes halogenated alkanes) is 1. The number of rotatable bonds is 7. The van der Waals surface area contributed by atoms with Crippen molar-refractivity contribution in [1.29, 1.82) is 0 Å². The highest BCUT2D eigenvalue weighted by Crippen LogP contribution is 2.19. The zero-order valence-corrected chi connectivity index (χ0v) is 13.5. The summed E-state index contributed by atoms with van der Waals surface area (Å²) in [5.41, 5.74) is 0.299. The van der Waals surface area contributed by atoms with E-state index >= 15 is 0 Å². The number of hydrogen-bond acceptors (Lipinski definition) is 4. The molecule has 0 fully saturated rings. The van der Waals surface area contributed by atoms with Gasteiger partial charge in [0.25, 0.3) is 11.6 Å². The number of nitrogens with zero attached hydrogens (tertiary/aromatic N) is 1. The number of nitrogens with one attached hydrogen (secondary N) is 1. The quantitative estimate of drug-likeness (QED) is 0.334. The topological polar surface area (TPSA) is 72.2 Å². The van der Waals surface area contributed by atoms with Gasteiger partial charge in [0.1, 0.15) is 0 Å². The molecule has 0 saturated heterocycles. The predicted molar refractivity (Wildman–Crippen MR) is 85.8 cm³/mol. The lowest BCUT2D eigenvalue weighted by Crippen LogP contribution is -2.25. The van der Waals surface area contributed by atoms with Gasteiger partial charge in [-0.25, -0.2) is 0 Å². The van der Waals surface area contributed by atoms with E-state index in [1.165, 1.54) is 12.1 Å². The fraction of sp³-hybridized carbons (Fsp3) is 0.417. The van der Waals surface area contributed by atoms with Crippen LogP contribution < -0.4 is 5.32 Å². The lowest BCUT2D eigenvalue weighted by Gasteiger charge is -2.06. The van der Waals surface area contributed by atoms with E-state index in [4.69, 9.17) is 0 Å². The van der Waals surface area contributed by atoms with Gasteiger partial charge >= 0.3 is 0 Å². The Kier molecular flexibility index (Phi) is 7.14. The van der Waals surface area contributed by atoms with Gasteiger partial charge in [-0.1, -0.05) is 0 Å². The van der Waals surface area contributed by atoms with Gasteiger partial charge in [0.2, 0.25) is 0 Å². The first kappa shape index (κ1) is 16.2. The zero-order valence-electron chi connectivity index (χ0n) is 10.5. The van der Waals surface area contributed by atoms with Gasteiger partial charge in [-0.3, -0.25) is 14.9 Å². The van der Waals surface area contributed by atoms with Crippen molar-refractivity contribution >= 4 is 45.9 Å². The second kappa shape index (κ2) is 8.36. The molecular weight excluding hydrogens is 379 g/mol. The number of nitro benzene ring substituents is 1. The molecule has 1 aromatic carbocycles. The van der Waals surface area contributed by atoms with Gasteiger partial charge in [0.15, 0.2) is 0 Å². The standard InChI is InChI=1S/C12H15IN2O3S/c1-19-7-3-2-6-14-12(16)10-8-9(15(17)18)4-5-11(10)13/h4-5,8H,2-3,6-7H2,1H3,(H,14,16). The van der Waals surface area contributed by atoms with Crippen LogP contribution >= 0.6 is 34.4 Å². The van der Waals surface area contributed by atoms with E-state index in [1.54, 1.807) is 17.8 Å². The van der Waals surface area contributed by atoms with Gasteiger partial charge in [-0.15, -0.1) is 0 Å². The average Bonchev–Trinajstić information content (AvgIpc) is 2.38. The summed E-state index contributed by atoms with van der Waals surface area (Å²) in [5, 5.41) is 13.5. The maximum atomic E-state index is 11.9. The molecule has 0 aromatic heterocycles. The van der Waals surface area contributed by atoms with E-state index in [0.717, 1.165) is 18.6 Å². The fourth-order valence-corrected chi connectivity index (χ4v) is 2.54. The molecule has 1 rings (SSSR count). The number of nitro groups is 1. The van der Waals surface area contributed by atoms with Crippen molar-refractivity contribution in [3.05, 3.63) is 37.4 Å². The third kappa shape index (κ3) is 5.35. The van der Waals surface area contributed by atoms with E-state index in [1.807, 2.05) is 28.8 Å². The van der Waals surface area contributed by atoms with Gasteiger partial charge in [-0.05, 0) is 53.5 Å². The lowest BCUT2D eigenvalue weighted by atomic mass is 10.2. The van der Waals surface area contributed by atoms with E-state index in [2.05, 4.69) is 5.32 Å². The second-order valence-corrected chi connectivity index (χ2v) is 6.02. The summed E-state index contributed by atoms with van der Waals surface area (Å²) in [7, 11) is 0. The molecule has 0 aliphatic carbocycles. The zero-order chi connectivity index (χ0) is 14.3. The number of carbonyl (C=O) groups is 1. The van der Waals surface area contributed by atoms with Crippen LogP contribution in [0.2, 0.25) is 0 Å². The molecule has 0 bridgehead atoms. The van der Waals surface area contributed by atoms with Crippen LogP contribution in [0.15, 0.2) is 18.2 Å². The molecule has 0 heterocycles. The van der Waals surface area contributed by atoms with Crippen molar-refractivity contribution < 1.29 is 9.72 Å². The van der Waals surface area contributed by atoms with E-state index in [-0.39, 0.29) is 11.6 Å². The Morgan fingerprint density at radius 1 is 1.47 bits per heavy atom. The molecule has 0 atom stereocenters. The molecule has 5 nitrogen and oxygen atoms in total. The van der Waals surface area contributed by atoms with Gasteiger partial charge in [0, 0.05) is 22.2 Å². The summed E-state index contributed by atoms with van der Waals surface area (Å²) in [5.74, 6) is 0.821. The third-order valence-electron chi connectivity index (χ3n) is 2.47. The molecule has 0 radical (unpaired) electrons. The largest absolute Gasteiger partial charge is 0.352 e. The number of benzene rings is 1. The van der Waals surface area contributed by atoms with Crippen LogP contribution in [0, 0.1) is 13.7 Å². The van der Waals surface area contributed by atoms with Crippen molar-refractivity contribution in [1.82, 2.24) is 5.32 Å². The van der Waals surface area contributed by atoms with Gasteiger partial charge in [-0.2, -0.15) is 11.8 Å². The van der Waals surface area contributed by atoms with Crippen LogP contribution in [0.4, 0.5) is 5.69 Å². The molecule has 1 amide bonds. The highest BCUT2D eigenvalue weighted by Gasteiger charge is 2.14. The highest BCUT2D eigenvalue weighted by molar-refractivity contribution is 14.1. The minimum atomic E-state index is -0.495. The summed E-state index contributed by atoms with van der Waals surface area (Å²) in [6.07, 6.45) is 4.01. The first-order valence-corrected chi connectivity index (χ1v) is 8.24. The molecule has 7 heteroatoms. The number of hydrogen-bond donors (Lipinski definition) is 1. The molecule has 0 aliphatic heterocycles. The first-order chi connectivity index (χ1) is 9.06. The highest BCUT2D eigenvalue weighted by atomic mass is 127. The number of halogens is 1. The van der Waals surface area contributed by atoms with Gasteiger partial charge < -0.3 is 5.32 Å². The normalized spacial score (nSPS) is 10.2. The number of carbonyl (C=O) groups excluding carboxylic acids is 1. The van der Waals surface area contributed by atoms with Crippen molar-refractivity contribution in [2.24, 2.45) is 0 Å². The Hall–Kier alpha value is -0.830. The molecule has 104 valence electrons. The van der Waals surface area contributed by atoms with E-state index < -0.39 is 4.92 Å². The Morgan fingerprint density at radius 3 is 2.84 bits per heavy atom. The summed E-state index contributed by atoms with van der Waals surface area (Å²) in [6, 6.07) is 4.30. The molecule has 19 heavy (non-hydrogen) atoms. The molecule has 0 saturated carbocycles. The predicted octanol–water partition coefficient (Wildman–Crippen LogP) is 3.07. The van der Waals surface area contributed by atoms with Crippen LogP contribution in [0.25, 0.3) is 0 Å². The Balaban J connectivity index is 2.61. The van der Waals surface area contributed by atoms with Gasteiger partial charge in [0.05, 0.1) is 10.5 Å². The molecule has 1 aromatic rings. The number of amides is 1. The Bertz CT molecular complexity index is 468. The first-order valence-electron chi connectivity index (χ1n) is 5.77. The molecule has 0 unspecified atom stereocenters. The van der Waals surface area contributed by atoms with Crippen LogP contribution in [0.3, 0.4) is 0 Å². The maximum absolute atomic E-state index is 11.9. The van der Waals surface area contributed by atoms with Crippen molar-refractivity contribution in [3.8, 4) is 0 Å².